The first-order valence-corrected chi connectivity index (χ1v) is 5.98. The minimum atomic E-state index is 0.317. The highest BCUT2D eigenvalue weighted by Gasteiger charge is 2.08. The first kappa shape index (κ1) is 11.6. The maximum atomic E-state index is 10.1. The zero-order valence-corrected chi connectivity index (χ0v) is 10.3. The van der Waals surface area contributed by atoms with E-state index >= 15 is 0 Å². The van der Waals surface area contributed by atoms with Crippen LogP contribution in [0.25, 0.3) is 11.3 Å². The number of anilines is 1. The van der Waals surface area contributed by atoms with Crippen molar-refractivity contribution in [3.8, 4) is 17.0 Å². The molecule has 2 N–H and O–H groups in total. The number of hydrogen-bond acceptors (Lipinski definition) is 2. The van der Waals surface area contributed by atoms with E-state index in [1.54, 1.807) is 0 Å². The highest BCUT2D eigenvalue weighted by Crippen LogP contribution is 2.31. The fourth-order valence-corrected chi connectivity index (χ4v) is 2.03. The van der Waals surface area contributed by atoms with Crippen molar-refractivity contribution in [3.05, 3.63) is 36.5 Å². The van der Waals surface area contributed by atoms with Crippen LogP contribution >= 0.6 is 0 Å². The van der Waals surface area contributed by atoms with Gasteiger partial charge in [-0.1, -0.05) is 0 Å². The molecular weight excluding hydrogens is 212 g/mol. The number of H-pyrrole nitrogens is 1. The van der Waals surface area contributed by atoms with Gasteiger partial charge < -0.3 is 15.0 Å². The number of nitrogens with one attached hydrogen (secondary N) is 1. The molecule has 2 aromatic rings. The number of aromatic amines is 1. The summed E-state index contributed by atoms with van der Waals surface area (Å²) >= 11 is 0. The van der Waals surface area contributed by atoms with E-state index in [-0.39, 0.29) is 0 Å². The van der Waals surface area contributed by atoms with Gasteiger partial charge in [0.25, 0.3) is 0 Å². The summed E-state index contributed by atoms with van der Waals surface area (Å²) in [5, 5.41) is 10.1. The molecule has 0 aliphatic rings. The molecular formula is C14H18N2O. The molecule has 0 saturated carbocycles. The van der Waals surface area contributed by atoms with Crippen LogP contribution in [0.2, 0.25) is 0 Å². The van der Waals surface area contributed by atoms with E-state index in [0.29, 0.717) is 5.75 Å². The molecule has 0 saturated heterocycles. The number of phenols is 1. The van der Waals surface area contributed by atoms with Gasteiger partial charge in [-0.2, -0.15) is 0 Å². The Balaban J connectivity index is 2.35. The molecule has 3 nitrogen and oxygen atoms in total. The fraction of sp³-hybridized carbons (Fsp3) is 0.286. The normalized spacial score (nSPS) is 10.5. The van der Waals surface area contributed by atoms with Crippen molar-refractivity contribution in [1.82, 2.24) is 4.98 Å². The van der Waals surface area contributed by atoms with Crippen LogP contribution in [0.1, 0.15) is 13.8 Å². The summed E-state index contributed by atoms with van der Waals surface area (Å²) in [6.45, 7) is 6.11. The smallest absolute Gasteiger partial charge is 0.126 e. The first-order chi connectivity index (χ1) is 8.26. The Morgan fingerprint density at radius 2 is 1.94 bits per heavy atom. The fourth-order valence-electron chi connectivity index (χ4n) is 2.03. The second-order valence-electron chi connectivity index (χ2n) is 3.96. The number of nitrogens with zero attached hydrogens (tertiary/aromatic N) is 1. The van der Waals surface area contributed by atoms with Crippen LogP contribution in [0.5, 0.6) is 5.75 Å². The first-order valence-electron chi connectivity index (χ1n) is 5.98. The number of aromatic nitrogens is 1. The van der Waals surface area contributed by atoms with Crippen LogP contribution in [0.15, 0.2) is 36.5 Å². The maximum absolute atomic E-state index is 10.1. The van der Waals surface area contributed by atoms with Gasteiger partial charge in [0.05, 0.1) is 0 Å². The van der Waals surface area contributed by atoms with Crippen molar-refractivity contribution in [3.63, 3.8) is 0 Å². The molecule has 1 aromatic carbocycles. The molecule has 0 amide bonds. The number of rotatable bonds is 4. The van der Waals surface area contributed by atoms with Crippen LogP contribution in [0.4, 0.5) is 5.69 Å². The number of hydrogen-bond donors (Lipinski definition) is 2. The molecule has 0 spiro atoms. The van der Waals surface area contributed by atoms with Gasteiger partial charge in [-0.25, -0.2) is 0 Å². The van der Waals surface area contributed by atoms with Crippen molar-refractivity contribution in [1.29, 1.82) is 0 Å². The highest BCUT2D eigenvalue weighted by molar-refractivity contribution is 5.70. The van der Waals surface area contributed by atoms with Gasteiger partial charge in [0.2, 0.25) is 0 Å². The zero-order chi connectivity index (χ0) is 12.3. The Morgan fingerprint density at radius 1 is 1.18 bits per heavy atom. The maximum Gasteiger partial charge on any atom is 0.126 e. The van der Waals surface area contributed by atoms with Crippen LogP contribution in [0, 0.1) is 0 Å². The summed E-state index contributed by atoms with van der Waals surface area (Å²) in [5.74, 6) is 0.317. The van der Waals surface area contributed by atoms with Gasteiger partial charge in [-0.05, 0) is 38.1 Å². The second kappa shape index (κ2) is 4.95. The van der Waals surface area contributed by atoms with Crippen LogP contribution in [-0.4, -0.2) is 23.2 Å². The van der Waals surface area contributed by atoms with E-state index in [1.807, 2.05) is 36.5 Å². The molecule has 0 fully saturated rings. The number of benzene rings is 1. The molecule has 1 aromatic heterocycles. The lowest BCUT2D eigenvalue weighted by atomic mass is 10.1. The SMILES string of the molecule is CCN(CC)c1ccc(-c2ccc[nH]2)c(O)c1. The van der Waals surface area contributed by atoms with Crippen molar-refractivity contribution in [2.45, 2.75) is 13.8 Å². The molecule has 2 rings (SSSR count). The van der Waals surface area contributed by atoms with E-state index in [2.05, 4.69) is 23.7 Å². The predicted molar refractivity (Wildman–Crippen MR) is 71.5 cm³/mol. The van der Waals surface area contributed by atoms with Crippen LogP contribution in [-0.2, 0) is 0 Å². The standard InChI is InChI=1S/C14H18N2O/c1-3-16(4-2)11-7-8-12(14(17)10-11)13-6-5-9-15-13/h5-10,15,17H,3-4H2,1-2H3. The van der Waals surface area contributed by atoms with Crippen molar-refractivity contribution < 1.29 is 5.11 Å². The van der Waals surface area contributed by atoms with Crippen LogP contribution < -0.4 is 4.90 Å². The van der Waals surface area contributed by atoms with Crippen molar-refractivity contribution in [2.24, 2.45) is 0 Å². The quantitative estimate of drug-likeness (QED) is 0.846. The molecule has 90 valence electrons. The third-order valence-electron chi connectivity index (χ3n) is 3.00. The van der Waals surface area contributed by atoms with Gasteiger partial charge in [0.1, 0.15) is 5.75 Å². The summed E-state index contributed by atoms with van der Waals surface area (Å²) in [4.78, 5) is 5.30. The lowest BCUT2D eigenvalue weighted by molar-refractivity contribution is 0.477. The minimum Gasteiger partial charge on any atom is -0.507 e. The lowest BCUT2D eigenvalue weighted by Gasteiger charge is -2.21. The summed E-state index contributed by atoms with van der Waals surface area (Å²) in [7, 11) is 0. The molecule has 0 bridgehead atoms. The average Bonchev–Trinajstić information content (AvgIpc) is 2.84. The second-order valence-corrected chi connectivity index (χ2v) is 3.96. The van der Waals surface area contributed by atoms with Gasteiger partial charge in [0.15, 0.2) is 0 Å². The average molecular weight is 230 g/mol. The summed E-state index contributed by atoms with van der Waals surface area (Å²) in [6.07, 6.45) is 1.85. The highest BCUT2D eigenvalue weighted by atomic mass is 16.3. The third-order valence-corrected chi connectivity index (χ3v) is 3.00. The molecule has 1 heterocycles. The third kappa shape index (κ3) is 2.28. The molecule has 0 aliphatic carbocycles. The summed E-state index contributed by atoms with van der Waals surface area (Å²) in [5.41, 5.74) is 2.84. The van der Waals surface area contributed by atoms with Gasteiger partial charge in [0, 0.05) is 42.3 Å². The number of aromatic hydroxyl groups is 1. The van der Waals surface area contributed by atoms with Crippen LogP contribution in [0.3, 0.4) is 0 Å². The Morgan fingerprint density at radius 3 is 2.47 bits per heavy atom. The Hall–Kier alpha value is -1.90. The molecule has 3 heteroatoms. The van der Waals surface area contributed by atoms with Gasteiger partial charge >= 0.3 is 0 Å². The van der Waals surface area contributed by atoms with E-state index in [9.17, 15) is 5.11 Å². The van der Waals surface area contributed by atoms with Gasteiger partial charge in [-0.15, -0.1) is 0 Å². The summed E-state index contributed by atoms with van der Waals surface area (Å²) < 4.78 is 0. The Labute approximate surface area is 102 Å². The van der Waals surface area contributed by atoms with E-state index < -0.39 is 0 Å². The van der Waals surface area contributed by atoms with Crippen molar-refractivity contribution in [2.75, 3.05) is 18.0 Å². The summed E-state index contributed by atoms with van der Waals surface area (Å²) in [6, 6.07) is 9.69. The topological polar surface area (TPSA) is 39.3 Å². The Kier molecular flexibility index (Phi) is 3.38. The molecule has 17 heavy (non-hydrogen) atoms. The van der Waals surface area contributed by atoms with Gasteiger partial charge in [-0.3, -0.25) is 0 Å². The predicted octanol–water partition coefficient (Wildman–Crippen LogP) is 3.23. The molecule has 0 aliphatic heterocycles. The van der Waals surface area contributed by atoms with E-state index in [4.69, 9.17) is 0 Å². The van der Waals surface area contributed by atoms with Crippen molar-refractivity contribution >= 4 is 5.69 Å². The minimum absolute atomic E-state index is 0.317. The van der Waals surface area contributed by atoms with E-state index in [0.717, 1.165) is 30.0 Å². The van der Waals surface area contributed by atoms with E-state index in [1.165, 1.54) is 0 Å². The lowest BCUT2D eigenvalue weighted by Crippen LogP contribution is -2.21. The monoisotopic (exact) mass is 230 g/mol. The number of phenolic OH excluding ortho intramolecular Hbond substituents is 1. The zero-order valence-electron chi connectivity index (χ0n) is 10.3. The molecule has 0 radical (unpaired) electrons. The Bertz CT molecular complexity index is 473. The molecule has 0 unspecified atom stereocenters. The largest absolute Gasteiger partial charge is 0.507 e. The molecule has 0 atom stereocenters.